The minimum Gasteiger partial charge on any atom is -0.282 e. The Balaban J connectivity index is 3.41. The predicted octanol–water partition coefficient (Wildman–Crippen LogP) is 4.04. The number of rotatable bonds is 4. The van der Waals surface area contributed by atoms with Crippen LogP contribution in [0.4, 0.5) is 0 Å². The Labute approximate surface area is 117 Å². The van der Waals surface area contributed by atoms with Gasteiger partial charge in [0.25, 0.3) is 10.1 Å². The van der Waals surface area contributed by atoms with Gasteiger partial charge >= 0.3 is 0 Å². The molecule has 0 bridgehead atoms. The van der Waals surface area contributed by atoms with Crippen LogP contribution in [0.2, 0.25) is 0 Å². The summed E-state index contributed by atoms with van der Waals surface area (Å²) >= 11 is 0. The fourth-order valence-electron chi connectivity index (χ4n) is 2.98. The van der Waals surface area contributed by atoms with Crippen molar-refractivity contribution in [3.05, 3.63) is 22.6 Å². The van der Waals surface area contributed by atoms with Crippen molar-refractivity contribution < 1.29 is 13.0 Å². The van der Waals surface area contributed by atoms with Crippen molar-refractivity contribution in [1.82, 2.24) is 0 Å². The smallest absolute Gasteiger partial charge is 0.282 e. The number of hydrogen-bond donors (Lipinski definition) is 1. The monoisotopic (exact) mass is 286 g/mol. The van der Waals surface area contributed by atoms with Crippen LogP contribution in [0.15, 0.2) is 22.6 Å². The summed E-state index contributed by atoms with van der Waals surface area (Å²) in [5.74, 6) is 0.909. The first-order chi connectivity index (χ1) is 8.52. The summed E-state index contributed by atoms with van der Waals surface area (Å²) in [5.41, 5.74) is 0.713. The largest absolute Gasteiger partial charge is 0.294 e. The van der Waals surface area contributed by atoms with E-state index in [1.807, 2.05) is 13.8 Å². The molecule has 4 heteroatoms. The van der Waals surface area contributed by atoms with Gasteiger partial charge in [0.1, 0.15) is 0 Å². The van der Waals surface area contributed by atoms with Gasteiger partial charge in [-0.25, -0.2) is 0 Å². The normalized spacial score (nSPS) is 19.9. The van der Waals surface area contributed by atoms with Gasteiger partial charge in [-0.2, -0.15) is 8.42 Å². The zero-order valence-electron chi connectivity index (χ0n) is 12.8. The van der Waals surface area contributed by atoms with Crippen molar-refractivity contribution in [3.63, 3.8) is 0 Å². The molecule has 0 heterocycles. The Bertz CT molecular complexity index is 485. The van der Waals surface area contributed by atoms with E-state index in [1.54, 1.807) is 6.08 Å². The highest BCUT2D eigenvalue weighted by molar-refractivity contribution is 7.90. The topological polar surface area (TPSA) is 54.4 Å². The maximum Gasteiger partial charge on any atom is 0.294 e. The van der Waals surface area contributed by atoms with E-state index in [4.69, 9.17) is 0 Å². The van der Waals surface area contributed by atoms with E-state index in [0.29, 0.717) is 18.3 Å². The maximum absolute atomic E-state index is 11.5. The number of allylic oxidation sites excluding steroid dienone is 3. The molecule has 0 saturated heterocycles. The van der Waals surface area contributed by atoms with Crippen molar-refractivity contribution in [2.24, 2.45) is 23.2 Å². The summed E-state index contributed by atoms with van der Waals surface area (Å²) in [6.45, 7) is 12.6. The van der Waals surface area contributed by atoms with E-state index in [1.165, 1.54) is 0 Å². The molecule has 0 aromatic rings. The molecular weight excluding hydrogens is 260 g/mol. The second-order valence-electron chi connectivity index (χ2n) is 6.42. The van der Waals surface area contributed by atoms with Crippen molar-refractivity contribution >= 4 is 10.1 Å². The van der Waals surface area contributed by atoms with Crippen molar-refractivity contribution in [2.75, 3.05) is 0 Å². The summed E-state index contributed by atoms with van der Waals surface area (Å²) < 4.78 is 32.4. The lowest BCUT2D eigenvalue weighted by atomic mass is 9.63. The molecule has 0 aromatic heterocycles. The van der Waals surface area contributed by atoms with Gasteiger partial charge in [0, 0.05) is 0 Å². The molecule has 0 aromatic carbocycles. The molecule has 0 unspecified atom stereocenters. The van der Waals surface area contributed by atoms with Crippen molar-refractivity contribution in [3.8, 4) is 0 Å². The molecule has 1 rings (SSSR count). The minimum atomic E-state index is -4.13. The van der Waals surface area contributed by atoms with E-state index in [-0.39, 0.29) is 16.2 Å². The van der Waals surface area contributed by atoms with Gasteiger partial charge in [0.2, 0.25) is 0 Å². The van der Waals surface area contributed by atoms with Crippen LogP contribution in [0.3, 0.4) is 0 Å². The third kappa shape index (κ3) is 3.11. The number of hydrogen-bond acceptors (Lipinski definition) is 2. The lowest BCUT2D eigenvalue weighted by Crippen LogP contribution is -2.34. The highest BCUT2D eigenvalue weighted by Gasteiger charge is 2.39. The lowest BCUT2D eigenvalue weighted by molar-refractivity contribution is 0.177. The Hall–Kier alpha value is -0.610. The molecule has 0 radical (unpaired) electrons. The molecule has 0 atom stereocenters. The van der Waals surface area contributed by atoms with Crippen LogP contribution >= 0.6 is 0 Å². The highest BCUT2D eigenvalue weighted by atomic mass is 32.2. The Morgan fingerprint density at radius 1 is 1.11 bits per heavy atom. The van der Waals surface area contributed by atoms with Crippen LogP contribution in [0, 0.1) is 23.2 Å². The third-order valence-corrected chi connectivity index (χ3v) is 5.36. The van der Waals surface area contributed by atoms with Gasteiger partial charge in [-0.15, -0.1) is 0 Å². The zero-order valence-corrected chi connectivity index (χ0v) is 13.6. The molecule has 0 saturated carbocycles. The molecule has 1 N–H and O–H groups in total. The Morgan fingerprint density at radius 3 is 1.89 bits per heavy atom. The Kier molecular flexibility index (Phi) is 4.68. The van der Waals surface area contributed by atoms with Crippen LogP contribution in [0.1, 0.15) is 48.0 Å². The maximum atomic E-state index is 11.5. The van der Waals surface area contributed by atoms with Crippen molar-refractivity contribution in [2.45, 2.75) is 48.0 Å². The highest BCUT2D eigenvalue weighted by Crippen LogP contribution is 2.47. The average molecular weight is 286 g/mol. The zero-order chi connectivity index (χ0) is 15.0. The summed E-state index contributed by atoms with van der Waals surface area (Å²) in [4.78, 5) is 0.0967. The molecule has 0 aliphatic heterocycles. The molecule has 0 amide bonds. The lowest BCUT2D eigenvalue weighted by Gasteiger charge is -2.42. The first kappa shape index (κ1) is 16.4. The van der Waals surface area contributed by atoms with Gasteiger partial charge in [0.15, 0.2) is 0 Å². The molecular formula is C15H26O3S. The molecule has 3 nitrogen and oxygen atoms in total. The first-order valence-corrected chi connectivity index (χ1v) is 8.37. The first-order valence-electron chi connectivity index (χ1n) is 6.93. The molecule has 1 aliphatic carbocycles. The average Bonchev–Trinajstić information content (AvgIpc) is 2.26. The molecule has 110 valence electrons. The quantitative estimate of drug-likeness (QED) is 0.793. The van der Waals surface area contributed by atoms with Gasteiger partial charge in [-0.05, 0) is 35.2 Å². The van der Waals surface area contributed by atoms with Crippen LogP contribution < -0.4 is 0 Å². The van der Waals surface area contributed by atoms with Crippen molar-refractivity contribution in [1.29, 1.82) is 0 Å². The van der Waals surface area contributed by atoms with E-state index in [0.717, 1.165) is 5.57 Å². The fourth-order valence-corrected chi connectivity index (χ4v) is 3.87. The molecule has 0 fully saturated rings. The minimum absolute atomic E-state index is 0.0339. The van der Waals surface area contributed by atoms with E-state index in [2.05, 4.69) is 33.8 Å². The van der Waals surface area contributed by atoms with Crippen LogP contribution in [0.5, 0.6) is 0 Å². The van der Waals surface area contributed by atoms with Crippen LogP contribution in [0.25, 0.3) is 0 Å². The van der Waals surface area contributed by atoms with Gasteiger partial charge in [-0.1, -0.05) is 53.7 Å². The fraction of sp³-hybridized carbons (Fsp3) is 0.733. The van der Waals surface area contributed by atoms with Gasteiger partial charge in [-0.3, -0.25) is 4.55 Å². The summed E-state index contributed by atoms with van der Waals surface area (Å²) in [6.07, 6.45) is 4.45. The van der Waals surface area contributed by atoms with Gasteiger partial charge < -0.3 is 0 Å². The van der Waals surface area contributed by atoms with Gasteiger partial charge in [0.05, 0.1) is 4.91 Å². The summed E-state index contributed by atoms with van der Waals surface area (Å²) in [7, 11) is -4.13. The van der Waals surface area contributed by atoms with E-state index in [9.17, 15) is 13.0 Å². The third-order valence-electron chi connectivity index (χ3n) is 4.40. The summed E-state index contributed by atoms with van der Waals surface area (Å²) in [5, 5.41) is 0. The van der Waals surface area contributed by atoms with Crippen LogP contribution in [-0.2, 0) is 10.1 Å². The van der Waals surface area contributed by atoms with E-state index < -0.39 is 10.1 Å². The molecule has 1 aliphatic rings. The molecule has 19 heavy (non-hydrogen) atoms. The standard InChI is InChI=1S/C15H26O3S/c1-10(2)13-9-15(11(3)4,12(5)6)8-7-14(13)19(16,17)18/h7,9-12H,8H2,1-6H3,(H,16,17,18). The summed E-state index contributed by atoms with van der Waals surface area (Å²) in [6, 6.07) is 0. The van der Waals surface area contributed by atoms with E-state index >= 15 is 0 Å². The second-order valence-corrected chi connectivity index (χ2v) is 7.81. The molecule has 0 spiro atoms. The van der Waals surface area contributed by atoms with Crippen LogP contribution in [-0.4, -0.2) is 13.0 Å². The second kappa shape index (κ2) is 5.41. The predicted molar refractivity (Wildman–Crippen MR) is 79.3 cm³/mol. The Morgan fingerprint density at radius 2 is 1.58 bits per heavy atom. The SMILES string of the molecule is CC(C)C1=CC(C(C)C)(C(C)C)CC=C1S(=O)(=O)O.